The number of hydrogen-bond acceptors (Lipinski definition) is 2. The molecule has 0 amide bonds. The van der Waals surface area contributed by atoms with E-state index in [9.17, 15) is 0 Å². The molecule has 0 unspecified atom stereocenters. The molecule has 2 saturated heterocycles. The van der Waals surface area contributed by atoms with Crippen molar-refractivity contribution < 1.29 is 9.47 Å². The van der Waals surface area contributed by atoms with Crippen molar-refractivity contribution in [2.24, 2.45) is 70.0 Å². The third-order valence-corrected chi connectivity index (χ3v) is 11.5. The van der Waals surface area contributed by atoms with Crippen LogP contribution in [0.3, 0.4) is 0 Å². The lowest BCUT2D eigenvalue weighted by Crippen LogP contribution is -2.50. The Hall–Kier alpha value is -0.0800. The first-order valence-corrected chi connectivity index (χ1v) is 10.9. The fourth-order valence-electron chi connectivity index (χ4n) is 11.8. The van der Waals surface area contributed by atoms with E-state index in [4.69, 9.17) is 9.47 Å². The lowest BCUT2D eigenvalue weighted by atomic mass is 9.62. The van der Waals surface area contributed by atoms with E-state index in [1.165, 1.54) is 25.7 Å². The van der Waals surface area contributed by atoms with Crippen LogP contribution in [0, 0.1) is 70.0 Å². The van der Waals surface area contributed by atoms with E-state index in [0.29, 0.717) is 23.0 Å². The number of rotatable bonds is 0. The minimum absolute atomic E-state index is 0.506. The Labute approximate surface area is 145 Å². The van der Waals surface area contributed by atoms with Crippen molar-refractivity contribution in [2.75, 3.05) is 13.2 Å². The van der Waals surface area contributed by atoms with Gasteiger partial charge in [-0.05, 0) is 95.7 Å². The lowest BCUT2D eigenvalue weighted by Gasteiger charge is -2.49. The molecule has 14 atom stereocenters. The van der Waals surface area contributed by atoms with Crippen molar-refractivity contribution in [3.8, 4) is 0 Å². The third kappa shape index (κ3) is 1.00. The van der Waals surface area contributed by atoms with E-state index in [1.54, 1.807) is 0 Å². The Bertz CT molecular complexity index is 604. The van der Waals surface area contributed by atoms with Crippen LogP contribution in [0.2, 0.25) is 0 Å². The summed E-state index contributed by atoms with van der Waals surface area (Å²) in [6.45, 7) is 7.54. The molecule has 2 aliphatic heterocycles. The number of fused-ring (bicyclic) bond motifs is 4. The predicted molar refractivity (Wildman–Crippen MR) is 89.1 cm³/mol. The van der Waals surface area contributed by atoms with E-state index in [-0.39, 0.29) is 0 Å². The van der Waals surface area contributed by atoms with Gasteiger partial charge in [0.15, 0.2) is 0 Å². The van der Waals surface area contributed by atoms with E-state index >= 15 is 0 Å². The molecule has 8 aliphatic rings. The first kappa shape index (κ1) is 13.1. The molecule has 0 radical (unpaired) electrons. The zero-order chi connectivity index (χ0) is 15.6. The molecule has 2 nitrogen and oxygen atoms in total. The fraction of sp³-hybridized carbons (Fsp3) is 1.00. The average molecular weight is 326 g/mol. The van der Waals surface area contributed by atoms with Crippen LogP contribution in [0.4, 0.5) is 0 Å². The third-order valence-electron chi connectivity index (χ3n) is 11.5. The molecule has 6 aliphatic carbocycles. The van der Waals surface area contributed by atoms with Gasteiger partial charge >= 0.3 is 0 Å². The summed E-state index contributed by atoms with van der Waals surface area (Å²) in [6.07, 6.45) is 6.88. The van der Waals surface area contributed by atoms with Crippen LogP contribution in [0.1, 0.15) is 39.5 Å². The molecule has 2 heteroatoms. The standard InChI is InChI=1S/C22H30O2/c1-21-7-23-11-6-4-10-13(11)19(21)16-15-17(21)9-3-5-12-14(9)20(15)22(2,8-24-12)18(10)16/h9-20H,3-8H2,1-2H3/t9-,10-,11-,12+,13+,14+,15-,16-,17+,18+,19-,20+,21+,22+/m1/s1. The molecule has 8 rings (SSSR count). The molecule has 0 aromatic heterocycles. The Morgan fingerprint density at radius 1 is 0.583 bits per heavy atom. The fourth-order valence-corrected chi connectivity index (χ4v) is 11.8. The normalized spacial score (nSPS) is 78.2. The first-order chi connectivity index (χ1) is 11.6. The Balaban J connectivity index is 1.43. The van der Waals surface area contributed by atoms with Gasteiger partial charge in [-0.3, -0.25) is 0 Å². The molecule has 8 fully saturated rings. The van der Waals surface area contributed by atoms with Gasteiger partial charge in [0, 0.05) is 0 Å². The summed E-state index contributed by atoms with van der Waals surface area (Å²) in [7, 11) is 0. The van der Waals surface area contributed by atoms with Crippen LogP contribution in [0.25, 0.3) is 0 Å². The van der Waals surface area contributed by atoms with Crippen LogP contribution in [0.5, 0.6) is 0 Å². The van der Waals surface area contributed by atoms with Gasteiger partial charge in [-0.15, -0.1) is 0 Å². The van der Waals surface area contributed by atoms with Crippen LogP contribution in [-0.4, -0.2) is 25.4 Å². The van der Waals surface area contributed by atoms with Gasteiger partial charge in [0.2, 0.25) is 0 Å². The Morgan fingerprint density at radius 3 is 1.50 bits per heavy atom. The van der Waals surface area contributed by atoms with E-state index in [0.717, 1.165) is 72.4 Å². The molecule has 6 saturated carbocycles. The number of ether oxygens (including phenoxy) is 2. The Morgan fingerprint density at radius 2 is 1.04 bits per heavy atom. The largest absolute Gasteiger partial charge is 0.377 e. The van der Waals surface area contributed by atoms with Crippen LogP contribution >= 0.6 is 0 Å². The van der Waals surface area contributed by atoms with Crippen molar-refractivity contribution in [2.45, 2.75) is 51.7 Å². The van der Waals surface area contributed by atoms with Crippen molar-refractivity contribution >= 4 is 0 Å². The number of hydrogen-bond donors (Lipinski definition) is 0. The SMILES string of the molecule is C[C@@]12CO[C@@H]3CC[C@@H]4[C@@H]3[C@@H]1[C@@H]1[C@H]3[C@@H]5[C@H]6[C@@H](CC[C@@H]6OC[C@@]5(C)[C@@H]41)[C@@H]32. The van der Waals surface area contributed by atoms with Gasteiger partial charge in [0.05, 0.1) is 25.4 Å². The van der Waals surface area contributed by atoms with E-state index in [1.807, 2.05) is 0 Å². The van der Waals surface area contributed by atoms with Gasteiger partial charge in [-0.2, -0.15) is 0 Å². The predicted octanol–water partition coefficient (Wildman–Crippen LogP) is 3.60. The highest BCUT2D eigenvalue weighted by atomic mass is 16.5. The molecule has 0 aromatic carbocycles. The highest BCUT2D eigenvalue weighted by Gasteiger charge is 2.84. The Kier molecular flexibility index (Phi) is 1.93. The summed E-state index contributed by atoms with van der Waals surface area (Å²) in [4.78, 5) is 0. The molecule has 0 spiro atoms. The second-order valence-electron chi connectivity index (χ2n) is 11.6. The molecule has 130 valence electrons. The molecule has 0 N–H and O–H groups in total. The molecule has 0 bridgehead atoms. The highest BCUT2D eigenvalue weighted by molar-refractivity contribution is 5.31. The maximum atomic E-state index is 6.62. The van der Waals surface area contributed by atoms with Gasteiger partial charge < -0.3 is 9.47 Å². The summed E-state index contributed by atoms with van der Waals surface area (Å²) >= 11 is 0. The molecule has 24 heavy (non-hydrogen) atoms. The topological polar surface area (TPSA) is 18.5 Å². The molecule has 2 heterocycles. The van der Waals surface area contributed by atoms with Gasteiger partial charge in [-0.1, -0.05) is 13.8 Å². The zero-order valence-corrected chi connectivity index (χ0v) is 15.0. The summed E-state index contributed by atoms with van der Waals surface area (Å²) in [5.74, 6) is 9.83. The molecular weight excluding hydrogens is 296 g/mol. The van der Waals surface area contributed by atoms with Crippen molar-refractivity contribution in [3.63, 3.8) is 0 Å². The van der Waals surface area contributed by atoms with Crippen molar-refractivity contribution in [1.82, 2.24) is 0 Å². The minimum atomic E-state index is 0.506. The van der Waals surface area contributed by atoms with E-state index < -0.39 is 0 Å². The minimum Gasteiger partial charge on any atom is -0.377 e. The van der Waals surface area contributed by atoms with Crippen molar-refractivity contribution in [1.29, 1.82) is 0 Å². The molecular formula is C22H30O2. The monoisotopic (exact) mass is 326 g/mol. The van der Waals surface area contributed by atoms with Crippen molar-refractivity contribution in [3.05, 3.63) is 0 Å². The van der Waals surface area contributed by atoms with Crippen LogP contribution in [0.15, 0.2) is 0 Å². The van der Waals surface area contributed by atoms with Crippen LogP contribution < -0.4 is 0 Å². The lowest BCUT2D eigenvalue weighted by molar-refractivity contribution is -0.143. The summed E-state index contributed by atoms with van der Waals surface area (Å²) in [5.41, 5.74) is 1.01. The second-order valence-corrected chi connectivity index (χ2v) is 11.6. The van der Waals surface area contributed by atoms with Gasteiger partial charge in [-0.25, -0.2) is 0 Å². The average Bonchev–Trinajstić information content (AvgIpc) is 3.30. The summed E-state index contributed by atoms with van der Waals surface area (Å²) < 4.78 is 13.2. The smallest absolute Gasteiger partial charge is 0.0609 e. The van der Waals surface area contributed by atoms with Gasteiger partial charge in [0.25, 0.3) is 0 Å². The van der Waals surface area contributed by atoms with Crippen LogP contribution in [-0.2, 0) is 9.47 Å². The summed E-state index contributed by atoms with van der Waals surface area (Å²) in [6, 6.07) is 0. The first-order valence-electron chi connectivity index (χ1n) is 10.9. The second kappa shape index (κ2) is 3.52. The van der Waals surface area contributed by atoms with E-state index in [2.05, 4.69) is 13.8 Å². The zero-order valence-electron chi connectivity index (χ0n) is 15.0. The quantitative estimate of drug-likeness (QED) is 0.677. The highest BCUT2D eigenvalue weighted by Crippen LogP contribution is 2.86. The maximum absolute atomic E-state index is 6.62. The van der Waals surface area contributed by atoms with Gasteiger partial charge in [0.1, 0.15) is 0 Å². The summed E-state index contributed by atoms with van der Waals surface area (Å²) in [5, 5.41) is 0. The maximum Gasteiger partial charge on any atom is 0.0609 e. The molecule has 0 aromatic rings.